The first-order valence-corrected chi connectivity index (χ1v) is 12.2. The number of fused-ring (bicyclic) bond motifs is 1. The topological polar surface area (TPSA) is 79.6 Å². The van der Waals surface area contributed by atoms with Gasteiger partial charge in [-0.3, -0.25) is 15.3 Å². The molecule has 3 N–H and O–H groups in total. The van der Waals surface area contributed by atoms with Crippen molar-refractivity contribution in [2.75, 3.05) is 13.6 Å². The van der Waals surface area contributed by atoms with Crippen molar-refractivity contribution in [2.24, 2.45) is 10.9 Å². The van der Waals surface area contributed by atoms with Crippen LogP contribution >= 0.6 is 12.6 Å². The monoisotopic (exact) mass is 495 g/mol. The van der Waals surface area contributed by atoms with Crippen molar-refractivity contribution in [3.05, 3.63) is 41.0 Å². The summed E-state index contributed by atoms with van der Waals surface area (Å²) in [5.74, 6) is 2.14. The summed E-state index contributed by atoms with van der Waals surface area (Å²) in [7, 11) is 1.92. The van der Waals surface area contributed by atoms with Gasteiger partial charge in [0, 0.05) is 25.8 Å². The van der Waals surface area contributed by atoms with Gasteiger partial charge in [-0.1, -0.05) is 32.8 Å². The van der Waals surface area contributed by atoms with Crippen LogP contribution in [0.2, 0.25) is 0 Å². The highest BCUT2D eigenvalue weighted by Crippen LogP contribution is 2.32. The first-order valence-electron chi connectivity index (χ1n) is 11.7. The molecule has 1 saturated heterocycles. The van der Waals surface area contributed by atoms with Crippen molar-refractivity contribution in [3.8, 4) is 0 Å². The molecule has 1 saturated carbocycles. The Kier molecular flexibility index (Phi) is 7.02. The highest BCUT2D eigenvalue weighted by molar-refractivity contribution is 7.81. The van der Waals surface area contributed by atoms with E-state index in [9.17, 15) is 13.2 Å². The van der Waals surface area contributed by atoms with Gasteiger partial charge in [-0.15, -0.1) is 12.6 Å². The maximum Gasteiger partial charge on any atom is 0.433 e. The van der Waals surface area contributed by atoms with E-state index < -0.39 is 17.2 Å². The minimum absolute atomic E-state index is 0.107. The maximum absolute atomic E-state index is 12.9. The molecule has 1 unspecified atom stereocenters. The van der Waals surface area contributed by atoms with E-state index in [1.54, 1.807) is 0 Å². The minimum Gasteiger partial charge on any atom is -0.369 e. The number of aliphatic imine (C=N–C) groups is 1. The van der Waals surface area contributed by atoms with Crippen LogP contribution in [0, 0.1) is 11.3 Å². The first kappa shape index (κ1) is 24.7. The average Bonchev–Trinajstić information content (AvgIpc) is 3.46. The number of thiol groups is 1. The fourth-order valence-corrected chi connectivity index (χ4v) is 4.92. The first-order chi connectivity index (χ1) is 16.1. The number of hydrogen-bond donors (Lipinski definition) is 4. The molecule has 3 heterocycles. The van der Waals surface area contributed by atoms with Gasteiger partial charge in [0.1, 0.15) is 22.7 Å². The second-order valence-corrected chi connectivity index (χ2v) is 9.99. The predicted octanol–water partition coefficient (Wildman–Crippen LogP) is 3.81. The van der Waals surface area contributed by atoms with Crippen LogP contribution < -0.4 is 10.6 Å². The SMILES string of the molecule is CC(C)[C@@H]1CN2C(=N)/C(=C(\NCc3ccc(C(F)(F)F)nc3)NC3CCCC3)C(S)N(C)C2=N1. The molecule has 0 amide bonds. The molecule has 3 aliphatic rings. The molecule has 2 fully saturated rings. The van der Waals surface area contributed by atoms with Gasteiger partial charge in [0.25, 0.3) is 0 Å². The van der Waals surface area contributed by atoms with Crippen LogP contribution in [0.5, 0.6) is 0 Å². The van der Waals surface area contributed by atoms with Gasteiger partial charge in [-0.2, -0.15) is 13.2 Å². The third-order valence-corrected chi connectivity index (χ3v) is 7.29. The number of halogens is 3. The number of hydrogen-bond acceptors (Lipinski definition) is 7. The quantitative estimate of drug-likeness (QED) is 0.452. The third kappa shape index (κ3) is 4.99. The molecule has 2 aliphatic heterocycles. The van der Waals surface area contributed by atoms with Crippen LogP contribution in [-0.4, -0.2) is 57.6 Å². The molecule has 34 heavy (non-hydrogen) atoms. The van der Waals surface area contributed by atoms with E-state index in [2.05, 4.69) is 29.5 Å². The van der Waals surface area contributed by atoms with Crippen LogP contribution in [0.15, 0.2) is 34.7 Å². The molecular formula is C23H32F3N7S. The third-order valence-electron chi connectivity index (χ3n) is 6.68. The van der Waals surface area contributed by atoms with Crippen molar-refractivity contribution in [3.63, 3.8) is 0 Å². The van der Waals surface area contributed by atoms with E-state index in [0.717, 1.165) is 37.7 Å². The summed E-state index contributed by atoms with van der Waals surface area (Å²) in [6.45, 7) is 5.16. The van der Waals surface area contributed by atoms with E-state index in [1.807, 2.05) is 16.8 Å². The molecule has 1 aromatic heterocycles. The Bertz CT molecular complexity index is 968. The summed E-state index contributed by atoms with van der Waals surface area (Å²) < 4.78 is 38.6. The predicted molar refractivity (Wildman–Crippen MR) is 130 cm³/mol. The summed E-state index contributed by atoms with van der Waals surface area (Å²) in [4.78, 5) is 12.3. The standard InChI is InChI=1S/C23H32F3N7S/c1-13(2)16-12-33-19(27)18(21(34)32(3)22(33)31-16)20(30-15-6-4-5-7-15)29-11-14-8-9-17(28-10-14)23(24,25)26/h8-10,13,15-16,21,27,29-30,34H,4-7,11-12H2,1-3H3/b20-18-,27-19?/t16-,21?/m0/s1. The number of pyridine rings is 1. The molecule has 2 atom stereocenters. The normalized spacial score (nSPS) is 25.1. The number of nitrogens with zero attached hydrogens (tertiary/aromatic N) is 4. The number of rotatable bonds is 6. The Hall–Kier alpha value is -2.43. The van der Waals surface area contributed by atoms with E-state index in [4.69, 9.17) is 23.0 Å². The molecule has 0 spiro atoms. The summed E-state index contributed by atoms with van der Waals surface area (Å²) in [5.41, 5.74) is 0.417. The zero-order valence-electron chi connectivity index (χ0n) is 19.7. The van der Waals surface area contributed by atoms with Crippen LogP contribution in [-0.2, 0) is 12.7 Å². The van der Waals surface area contributed by atoms with E-state index in [-0.39, 0.29) is 18.6 Å². The van der Waals surface area contributed by atoms with Gasteiger partial charge >= 0.3 is 6.18 Å². The molecule has 1 aromatic rings. The molecule has 1 aliphatic carbocycles. The van der Waals surface area contributed by atoms with Crippen LogP contribution in [0.3, 0.4) is 0 Å². The molecule has 11 heteroatoms. The van der Waals surface area contributed by atoms with Gasteiger partial charge in [0.05, 0.1) is 18.2 Å². The lowest BCUT2D eigenvalue weighted by Crippen LogP contribution is -2.56. The lowest BCUT2D eigenvalue weighted by molar-refractivity contribution is -0.141. The number of likely N-dealkylation sites (N-methyl/N-ethyl adjacent to an activating group) is 1. The highest BCUT2D eigenvalue weighted by atomic mass is 32.1. The van der Waals surface area contributed by atoms with Crippen molar-refractivity contribution < 1.29 is 13.2 Å². The van der Waals surface area contributed by atoms with Crippen LogP contribution in [0.4, 0.5) is 13.2 Å². The Morgan fingerprint density at radius 3 is 2.56 bits per heavy atom. The number of guanidine groups is 1. The molecule has 186 valence electrons. The van der Waals surface area contributed by atoms with Crippen molar-refractivity contribution >= 4 is 24.4 Å². The van der Waals surface area contributed by atoms with Crippen molar-refractivity contribution in [1.29, 1.82) is 5.41 Å². The number of aromatic nitrogens is 1. The maximum atomic E-state index is 12.9. The van der Waals surface area contributed by atoms with Crippen molar-refractivity contribution in [1.82, 2.24) is 25.4 Å². The van der Waals surface area contributed by atoms with Crippen molar-refractivity contribution in [2.45, 2.75) is 69.7 Å². The summed E-state index contributed by atoms with van der Waals surface area (Å²) in [5, 5.41) is 15.5. The Morgan fingerprint density at radius 2 is 1.97 bits per heavy atom. The zero-order chi connectivity index (χ0) is 24.6. The molecular weight excluding hydrogens is 463 g/mol. The fraction of sp³-hybridized carbons (Fsp3) is 0.609. The highest BCUT2D eigenvalue weighted by Gasteiger charge is 2.42. The lowest BCUT2D eigenvalue weighted by atomic mass is 10.1. The second kappa shape index (κ2) is 9.67. The molecule has 0 bridgehead atoms. The summed E-state index contributed by atoms with van der Waals surface area (Å²) in [6.07, 6.45) is 1.13. The van der Waals surface area contributed by atoms with E-state index in [1.165, 1.54) is 12.3 Å². The minimum atomic E-state index is -4.47. The number of alkyl halides is 3. The average molecular weight is 496 g/mol. The zero-order valence-corrected chi connectivity index (χ0v) is 20.5. The van der Waals surface area contributed by atoms with Crippen LogP contribution in [0.1, 0.15) is 50.8 Å². The fourth-order valence-electron chi connectivity index (χ4n) is 4.56. The smallest absolute Gasteiger partial charge is 0.369 e. The van der Waals surface area contributed by atoms with Gasteiger partial charge < -0.3 is 15.5 Å². The van der Waals surface area contributed by atoms with Crippen LogP contribution in [0.25, 0.3) is 0 Å². The van der Waals surface area contributed by atoms with Gasteiger partial charge in [-0.25, -0.2) is 4.99 Å². The number of amidine groups is 1. The Labute approximate surface area is 203 Å². The largest absolute Gasteiger partial charge is 0.433 e. The summed E-state index contributed by atoms with van der Waals surface area (Å²) >= 11 is 4.84. The Morgan fingerprint density at radius 1 is 1.26 bits per heavy atom. The summed E-state index contributed by atoms with van der Waals surface area (Å²) in [6, 6.07) is 2.80. The molecule has 0 aromatic carbocycles. The van der Waals surface area contributed by atoms with E-state index >= 15 is 0 Å². The number of nitrogens with one attached hydrogen (secondary N) is 3. The van der Waals surface area contributed by atoms with Gasteiger partial charge in [-0.05, 0) is 30.4 Å². The van der Waals surface area contributed by atoms with Gasteiger partial charge in [0.2, 0.25) is 5.96 Å². The second-order valence-electron chi connectivity index (χ2n) is 9.50. The molecule has 4 rings (SSSR count). The Balaban J connectivity index is 1.61. The lowest BCUT2D eigenvalue weighted by Gasteiger charge is -2.41. The van der Waals surface area contributed by atoms with Gasteiger partial charge in [0.15, 0.2) is 0 Å². The molecule has 0 radical (unpaired) electrons. The molecule has 7 nitrogen and oxygen atoms in total. The van der Waals surface area contributed by atoms with E-state index in [0.29, 0.717) is 35.3 Å².